The van der Waals surface area contributed by atoms with Crippen molar-refractivity contribution in [3.63, 3.8) is 0 Å². The van der Waals surface area contributed by atoms with Crippen molar-refractivity contribution in [1.29, 1.82) is 0 Å². The highest BCUT2D eigenvalue weighted by Crippen LogP contribution is 2.38. The van der Waals surface area contributed by atoms with Crippen LogP contribution in [-0.2, 0) is 23.9 Å². The summed E-state index contributed by atoms with van der Waals surface area (Å²) >= 11 is 0. The standard InChI is InChI=1S/C25H22O14/c1-36-14-3-2-9(4-11(14)26)15-7-13(28)19-12(27)5-10(6-16(19)37-15)22-20(32)23(38-18(31)8-17(29)30)21(33)24(39-22)25(34)35/h2-7,20-24,26-27,32-33H,8H2,1H3,(H,29,30)(H,34,35)/t20-,21-,22-,23+,24-/m0/s1. The summed E-state index contributed by atoms with van der Waals surface area (Å²) in [6, 6.07) is 7.44. The van der Waals surface area contributed by atoms with Gasteiger partial charge in [0.15, 0.2) is 29.1 Å². The Morgan fingerprint density at radius 2 is 1.69 bits per heavy atom. The van der Waals surface area contributed by atoms with Gasteiger partial charge in [0.1, 0.15) is 47.2 Å². The normalized spacial score (nSPS) is 22.8. The minimum atomic E-state index is -2.08. The van der Waals surface area contributed by atoms with Crippen LogP contribution < -0.4 is 10.2 Å². The van der Waals surface area contributed by atoms with Gasteiger partial charge in [0.2, 0.25) is 0 Å². The number of phenols is 2. The Morgan fingerprint density at radius 3 is 2.31 bits per heavy atom. The van der Waals surface area contributed by atoms with E-state index in [1.54, 1.807) is 0 Å². The molecule has 14 nitrogen and oxygen atoms in total. The van der Waals surface area contributed by atoms with Crippen LogP contribution in [0.3, 0.4) is 0 Å². The molecule has 14 heteroatoms. The summed E-state index contributed by atoms with van der Waals surface area (Å²) in [6.07, 6.45) is -10.7. The number of aliphatic hydroxyl groups is 2. The highest BCUT2D eigenvalue weighted by molar-refractivity contribution is 5.90. The SMILES string of the molecule is COc1ccc(-c2cc(=O)c3c(O)cc([C@@H]4O[C@H](C(=O)O)[C@@H](O)[C@H](OC(=O)CC(=O)O)[C@H]4O)cc3o2)cc1O. The number of carboxylic acid groups (broad SMARTS) is 2. The maximum absolute atomic E-state index is 12.8. The van der Waals surface area contributed by atoms with Gasteiger partial charge in [-0.05, 0) is 35.9 Å². The minimum absolute atomic E-state index is 0.0218. The zero-order chi connectivity index (χ0) is 28.6. The Labute approximate surface area is 217 Å². The van der Waals surface area contributed by atoms with Gasteiger partial charge in [-0.15, -0.1) is 0 Å². The third kappa shape index (κ3) is 5.34. The number of hydrogen-bond acceptors (Lipinski definition) is 12. The lowest BCUT2D eigenvalue weighted by Gasteiger charge is -2.40. The second-order valence-corrected chi connectivity index (χ2v) is 8.60. The van der Waals surface area contributed by atoms with Gasteiger partial charge in [-0.2, -0.15) is 0 Å². The van der Waals surface area contributed by atoms with E-state index in [0.29, 0.717) is 0 Å². The van der Waals surface area contributed by atoms with Crippen molar-refractivity contribution in [2.45, 2.75) is 36.9 Å². The average molecular weight is 546 g/mol. The van der Waals surface area contributed by atoms with Gasteiger partial charge in [-0.1, -0.05) is 0 Å². The van der Waals surface area contributed by atoms with E-state index in [2.05, 4.69) is 0 Å². The molecule has 206 valence electrons. The van der Waals surface area contributed by atoms with E-state index in [1.807, 2.05) is 0 Å². The number of methoxy groups -OCH3 is 1. The van der Waals surface area contributed by atoms with Gasteiger partial charge in [0, 0.05) is 11.6 Å². The molecule has 39 heavy (non-hydrogen) atoms. The lowest BCUT2D eigenvalue weighted by molar-refractivity contribution is -0.238. The van der Waals surface area contributed by atoms with Gasteiger partial charge in [0.25, 0.3) is 0 Å². The number of carbonyl (C=O) groups excluding carboxylic acids is 1. The Kier molecular flexibility index (Phi) is 7.44. The van der Waals surface area contributed by atoms with Crippen LogP contribution in [0.4, 0.5) is 0 Å². The molecule has 6 N–H and O–H groups in total. The number of esters is 1. The van der Waals surface area contributed by atoms with E-state index in [4.69, 9.17) is 23.7 Å². The smallest absolute Gasteiger partial charge is 0.335 e. The van der Waals surface area contributed by atoms with E-state index in [0.717, 1.165) is 12.1 Å². The quantitative estimate of drug-likeness (QED) is 0.175. The van der Waals surface area contributed by atoms with Crippen molar-refractivity contribution in [3.8, 4) is 28.6 Å². The number of phenolic OH excluding ortho intramolecular Hbond substituents is 2. The summed E-state index contributed by atoms with van der Waals surface area (Å²) in [5, 5.41) is 59.9. The molecule has 0 bridgehead atoms. The number of carboxylic acids is 2. The first kappa shape index (κ1) is 27.4. The Bertz CT molecular complexity index is 1510. The predicted octanol–water partition coefficient (Wildman–Crippen LogP) is 0.513. The number of aliphatic hydroxyl groups excluding tert-OH is 2. The van der Waals surface area contributed by atoms with Crippen LogP contribution in [0.5, 0.6) is 17.2 Å². The number of carbonyl (C=O) groups is 3. The second kappa shape index (κ2) is 10.6. The maximum atomic E-state index is 12.8. The van der Waals surface area contributed by atoms with Crippen molar-refractivity contribution in [1.82, 2.24) is 0 Å². The molecule has 3 aromatic rings. The topological polar surface area (TPSA) is 230 Å². The molecule has 2 aromatic carbocycles. The summed E-state index contributed by atoms with van der Waals surface area (Å²) in [6.45, 7) is 0. The molecule has 1 aromatic heterocycles. The van der Waals surface area contributed by atoms with Gasteiger partial charge >= 0.3 is 17.9 Å². The van der Waals surface area contributed by atoms with Crippen molar-refractivity contribution in [2.24, 2.45) is 0 Å². The zero-order valence-corrected chi connectivity index (χ0v) is 20.0. The first-order chi connectivity index (χ1) is 18.4. The molecule has 0 radical (unpaired) electrons. The number of benzene rings is 2. The van der Waals surface area contributed by atoms with Crippen LogP contribution in [0.2, 0.25) is 0 Å². The molecular formula is C25H22O14. The number of ether oxygens (including phenoxy) is 3. The lowest BCUT2D eigenvalue weighted by Crippen LogP contribution is -2.58. The molecule has 0 spiro atoms. The van der Waals surface area contributed by atoms with Gasteiger partial charge in [-0.25, -0.2) is 4.79 Å². The highest BCUT2D eigenvalue weighted by Gasteiger charge is 2.50. The molecule has 0 saturated carbocycles. The third-order valence-electron chi connectivity index (χ3n) is 6.02. The summed E-state index contributed by atoms with van der Waals surface area (Å²) in [7, 11) is 1.35. The summed E-state index contributed by atoms with van der Waals surface area (Å²) < 4.78 is 21.0. The fraction of sp³-hybridized carbons (Fsp3) is 0.280. The molecule has 0 amide bonds. The minimum Gasteiger partial charge on any atom is -0.507 e. The van der Waals surface area contributed by atoms with Crippen LogP contribution in [0, 0.1) is 0 Å². The monoisotopic (exact) mass is 546 g/mol. The van der Waals surface area contributed by atoms with Crippen LogP contribution in [-0.4, -0.2) is 80.1 Å². The van der Waals surface area contributed by atoms with E-state index >= 15 is 0 Å². The molecule has 0 aliphatic carbocycles. The first-order valence-corrected chi connectivity index (χ1v) is 11.2. The molecule has 2 heterocycles. The molecule has 0 unspecified atom stereocenters. The van der Waals surface area contributed by atoms with E-state index in [1.165, 1.54) is 31.4 Å². The van der Waals surface area contributed by atoms with Gasteiger partial charge < -0.3 is 49.3 Å². The second-order valence-electron chi connectivity index (χ2n) is 8.60. The van der Waals surface area contributed by atoms with E-state index in [-0.39, 0.29) is 39.4 Å². The fourth-order valence-electron chi connectivity index (χ4n) is 4.24. The summed E-state index contributed by atoms with van der Waals surface area (Å²) in [4.78, 5) is 47.2. The molecular weight excluding hydrogens is 524 g/mol. The van der Waals surface area contributed by atoms with Crippen molar-refractivity contribution < 1.29 is 63.7 Å². The number of aliphatic carboxylic acids is 2. The van der Waals surface area contributed by atoms with E-state index < -0.39 is 66.0 Å². The summed E-state index contributed by atoms with van der Waals surface area (Å²) in [5.41, 5.74) is -0.737. The molecule has 4 rings (SSSR count). The molecule has 1 fully saturated rings. The fourth-order valence-corrected chi connectivity index (χ4v) is 4.24. The van der Waals surface area contributed by atoms with Crippen molar-refractivity contribution in [2.75, 3.05) is 7.11 Å². The van der Waals surface area contributed by atoms with Crippen LogP contribution in [0.15, 0.2) is 45.6 Å². The highest BCUT2D eigenvalue weighted by atomic mass is 16.6. The van der Waals surface area contributed by atoms with Gasteiger partial charge in [-0.3, -0.25) is 14.4 Å². The van der Waals surface area contributed by atoms with Crippen LogP contribution >= 0.6 is 0 Å². The first-order valence-electron chi connectivity index (χ1n) is 11.2. The van der Waals surface area contributed by atoms with Gasteiger partial charge in [0.05, 0.1) is 7.11 Å². The molecule has 5 atom stereocenters. The van der Waals surface area contributed by atoms with Crippen molar-refractivity contribution in [3.05, 3.63) is 52.2 Å². The maximum Gasteiger partial charge on any atom is 0.335 e. The van der Waals surface area contributed by atoms with Crippen molar-refractivity contribution >= 4 is 28.9 Å². The van der Waals surface area contributed by atoms with E-state index in [9.17, 15) is 44.7 Å². The molecule has 1 aliphatic rings. The predicted molar refractivity (Wildman–Crippen MR) is 127 cm³/mol. The third-order valence-corrected chi connectivity index (χ3v) is 6.02. The zero-order valence-electron chi connectivity index (χ0n) is 20.0. The van der Waals surface area contributed by atoms with Crippen LogP contribution in [0.25, 0.3) is 22.3 Å². The Balaban J connectivity index is 1.78. The Morgan fingerprint density at radius 1 is 0.974 bits per heavy atom. The lowest BCUT2D eigenvalue weighted by atomic mass is 9.90. The summed E-state index contributed by atoms with van der Waals surface area (Å²) in [5.74, 6) is -5.31. The number of rotatable bonds is 7. The number of fused-ring (bicyclic) bond motifs is 1. The van der Waals surface area contributed by atoms with Crippen LogP contribution in [0.1, 0.15) is 18.1 Å². The largest absolute Gasteiger partial charge is 0.507 e. The molecule has 1 aliphatic heterocycles. The Hall–Kier alpha value is -4.66. The molecule has 1 saturated heterocycles. The average Bonchev–Trinajstić information content (AvgIpc) is 2.85. The number of hydrogen-bond donors (Lipinski definition) is 6. The number of aromatic hydroxyl groups is 2.